The minimum absolute atomic E-state index is 0.00738. The number of carbonyl (C=O) groups is 1. The highest BCUT2D eigenvalue weighted by molar-refractivity contribution is 5.91. The highest BCUT2D eigenvalue weighted by atomic mass is 16.7. The van der Waals surface area contributed by atoms with Crippen LogP contribution in [0.25, 0.3) is 0 Å². The molecule has 2 fully saturated rings. The lowest BCUT2D eigenvalue weighted by atomic mass is 9.83. The first kappa shape index (κ1) is 12.9. The molecule has 104 valence electrons. The van der Waals surface area contributed by atoms with E-state index in [1.54, 1.807) is 0 Å². The SMILES string of the molecule is C=C1C(=O)OC2C1CCC(C)=CCC(O)C1(C)OC21. The van der Waals surface area contributed by atoms with Gasteiger partial charge in [0.05, 0.1) is 6.10 Å². The van der Waals surface area contributed by atoms with Crippen LogP contribution in [0, 0.1) is 5.92 Å². The molecule has 19 heavy (non-hydrogen) atoms. The third-order valence-corrected chi connectivity index (χ3v) is 4.74. The van der Waals surface area contributed by atoms with Crippen LogP contribution in [0.3, 0.4) is 0 Å². The summed E-state index contributed by atoms with van der Waals surface area (Å²) >= 11 is 0. The summed E-state index contributed by atoms with van der Waals surface area (Å²) in [5.74, 6) is -0.309. The molecule has 5 atom stereocenters. The summed E-state index contributed by atoms with van der Waals surface area (Å²) in [5, 5.41) is 10.2. The lowest BCUT2D eigenvalue weighted by molar-refractivity contribution is -0.140. The molecule has 0 saturated carbocycles. The Hall–Kier alpha value is -1.13. The monoisotopic (exact) mass is 264 g/mol. The number of ether oxygens (including phenoxy) is 2. The van der Waals surface area contributed by atoms with Gasteiger partial charge in [-0.25, -0.2) is 4.79 Å². The molecule has 0 spiro atoms. The summed E-state index contributed by atoms with van der Waals surface area (Å²) in [7, 11) is 0. The molecule has 2 aliphatic heterocycles. The van der Waals surface area contributed by atoms with E-state index >= 15 is 0 Å². The summed E-state index contributed by atoms with van der Waals surface area (Å²) in [6.45, 7) is 7.79. The van der Waals surface area contributed by atoms with E-state index in [2.05, 4.69) is 19.6 Å². The van der Waals surface area contributed by atoms with Crippen molar-refractivity contribution in [3.05, 3.63) is 23.8 Å². The van der Waals surface area contributed by atoms with Crippen molar-refractivity contribution in [1.29, 1.82) is 0 Å². The van der Waals surface area contributed by atoms with Crippen molar-refractivity contribution in [2.24, 2.45) is 5.92 Å². The normalized spacial score (nSPS) is 45.9. The molecular formula is C15H20O4. The van der Waals surface area contributed by atoms with Crippen LogP contribution in [0.15, 0.2) is 23.8 Å². The second-order valence-corrected chi connectivity index (χ2v) is 6.06. The van der Waals surface area contributed by atoms with E-state index < -0.39 is 11.7 Å². The Balaban J connectivity index is 1.91. The third kappa shape index (κ3) is 1.94. The Labute approximate surface area is 113 Å². The largest absolute Gasteiger partial charge is 0.455 e. The Morgan fingerprint density at radius 3 is 3.00 bits per heavy atom. The number of carbonyl (C=O) groups excluding carboxylic acids is 1. The summed E-state index contributed by atoms with van der Waals surface area (Å²) in [6, 6.07) is 0. The predicted molar refractivity (Wildman–Crippen MR) is 69.4 cm³/mol. The average molecular weight is 264 g/mol. The van der Waals surface area contributed by atoms with E-state index in [4.69, 9.17) is 9.47 Å². The fraction of sp³-hybridized carbons (Fsp3) is 0.667. The molecule has 1 N–H and O–H groups in total. The van der Waals surface area contributed by atoms with Gasteiger partial charge in [-0.15, -0.1) is 0 Å². The van der Waals surface area contributed by atoms with Gasteiger partial charge in [-0.2, -0.15) is 0 Å². The third-order valence-electron chi connectivity index (χ3n) is 4.74. The quantitative estimate of drug-likeness (QED) is 0.313. The van der Waals surface area contributed by atoms with Crippen molar-refractivity contribution in [3.63, 3.8) is 0 Å². The van der Waals surface area contributed by atoms with Gasteiger partial charge in [-0.1, -0.05) is 18.2 Å². The zero-order valence-electron chi connectivity index (χ0n) is 11.4. The Bertz CT molecular complexity index is 467. The van der Waals surface area contributed by atoms with E-state index in [0.717, 1.165) is 12.8 Å². The molecule has 1 aliphatic carbocycles. The number of esters is 1. The van der Waals surface area contributed by atoms with Gasteiger partial charge in [-0.05, 0) is 33.1 Å². The minimum atomic E-state index is -0.595. The van der Waals surface area contributed by atoms with Gasteiger partial charge in [0.2, 0.25) is 0 Å². The van der Waals surface area contributed by atoms with Crippen molar-refractivity contribution >= 4 is 5.97 Å². The van der Waals surface area contributed by atoms with Gasteiger partial charge in [0.15, 0.2) is 0 Å². The van der Waals surface area contributed by atoms with Gasteiger partial charge in [-0.3, -0.25) is 0 Å². The van der Waals surface area contributed by atoms with E-state index in [-0.39, 0.29) is 24.1 Å². The van der Waals surface area contributed by atoms with Gasteiger partial charge >= 0.3 is 5.97 Å². The summed E-state index contributed by atoms with van der Waals surface area (Å²) in [4.78, 5) is 11.7. The van der Waals surface area contributed by atoms with Crippen molar-refractivity contribution in [2.45, 2.75) is 57.0 Å². The highest BCUT2D eigenvalue weighted by Crippen LogP contribution is 2.49. The smallest absolute Gasteiger partial charge is 0.334 e. The fourth-order valence-electron chi connectivity index (χ4n) is 3.18. The molecule has 3 aliphatic rings. The maximum Gasteiger partial charge on any atom is 0.334 e. The molecule has 2 saturated heterocycles. The van der Waals surface area contributed by atoms with Gasteiger partial charge in [0.1, 0.15) is 17.8 Å². The molecule has 5 unspecified atom stereocenters. The Kier molecular flexibility index (Phi) is 2.84. The van der Waals surface area contributed by atoms with Crippen molar-refractivity contribution in [2.75, 3.05) is 0 Å². The number of epoxide rings is 1. The summed E-state index contributed by atoms with van der Waals surface area (Å²) < 4.78 is 11.1. The number of rotatable bonds is 0. The number of aliphatic hydroxyl groups excluding tert-OH is 1. The molecule has 0 amide bonds. The first-order chi connectivity index (χ1) is 8.93. The number of aliphatic hydroxyl groups is 1. The first-order valence-corrected chi connectivity index (χ1v) is 6.85. The first-order valence-electron chi connectivity index (χ1n) is 6.85. The molecule has 4 heteroatoms. The average Bonchev–Trinajstić information content (AvgIpc) is 2.98. The predicted octanol–water partition coefficient (Wildman–Crippen LogP) is 1.73. The van der Waals surface area contributed by atoms with Gasteiger partial charge < -0.3 is 14.6 Å². The van der Waals surface area contributed by atoms with Crippen LogP contribution in [0.5, 0.6) is 0 Å². The highest BCUT2D eigenvalue weighted by Gasteiger charge is 2.65. The zero-order chi connectivity index (χ0) is 13.8. The van der Waals surface area contributed by atoms with Crippen molar-refractivity contribution in [1.82, 2.24) is 0 Å². The van der Waals surface area contributed by atoms with Crippen molar-refractivity contribution in [3.8, 4) is 0 Å². The lowest BCUT2D eigenvalue weighted by Crippen LogP contribution is -2.36. The molecule has 2 heterocycles. The maximum absolute atomic E-state index is 11.7. The lowest BCUT2D eigenvalue weighted by Gasteiger charge is -2.21. The fourth-order valence-corrected chi connectivity index (χ4v) is 3.18. The molecule has 0 aromatic rings. The Morgan fingerprint density at radius 2 is 2.26 bits per heavy atom. The molecule has 0 radical (unpaired) electrons. The number of allylic oxidation sites excluding steroid dienone is 1. The molecule has 3 rings (SSSR count). The Morgan fingerprint density at radius 1 is 1.53 bits per heavy atom. The van der Waals surface area contributed by atoms with E-state index in [9.17, 15) is 9.90 Å². The summed E-state index contributed by atoms with van der Waals surface area (Å²) in [6.07, 6.45) is 3.35. The van der Waals surface area contributed by atoms with Crippen LogP contribution in [0.2, 0.25) is 0 Å². The van der Waals surface area contributed by atoms with E-state index in [0.29, 0.717) is 12.0 Å². The number of fused-ring (bicyclic) bond motifs is 3. The standard InChI is InChI=1S/C15H20O4/c1-8-4-6-10-9(2)14(17)18-12(10)13-15(3,19-13)11(16)7-5-8/h5,10-13,16H,2,4,6-7H2,1,3H3. The number of hydrogen-bond acceptors (Lipinski definition) is 4. The second-order valence-electron chi connectivity index (χ2n) is 6.06. The second kappa shape index (κ2) is 4.18. The molecule has 0 aromatic carbocycles. The van der Waals surface area contributed by atoms with Crippen molar-refractivity contribution < 1.29 is 19.4 Å². The van der Waals surface area contributed by atoms with Crippen LogP contribution in [0.1, 0.15) is 33.1 Å². The van der Waals surface area contributed by atoms with Crippen LogP contribution >= 0.6 is 0 Å². The summed E-state index contributed by atoms with van der Waals surface area (Å²) in [5.41, 5.74) is 1.18. The van der Waals surface area contributed by atoms with E-state index in [1.807, 2.05) is 6.92 Å². The van der Waals surface area contributed by atoms with Crippen LogP contribution < -0.4 is 0 Å². The van der Waals surface area contributed by atoms with Gasteiger partial charge in [0.25, 0.3) is 0 Å². The zero-order valence-corrected chi connectivity index (χ0v) is 11.4. The minimum Gasteiger partial charge on any atom is -0.455 e. The van der Waals surface area contributed by atoms with Crippen LogP contribution in [0.4, 0.5) is 0 Å². The number of hydrogen-bond donors (Lipinski definition) is 1. The molecule has 0 aromatic heterocycles. The molecule has 0 bridgehead atoms. The van der Waals surface area contributed by atoms with Gasteiger partial charge in [0, 0.05) is 11.5 Å². The topological polar surface area (TPSA) is 59.1 Å². The van der Waals surface area contributed by atoms with E-state index in [1.165, 1.54) is 5.57 Å². The molecule has 4 nitrogen and oxygen atoms in total. The molecular weight excluding hydrogens is 244 g/mol. The van der Waals surface area contributed by atoms with Crippen LogP contribution in [-0.4, -0.2) is 35.0 Å². The maximum atomic E-state index is 11.7. The van der Waals surface area contributed by atoms with Crippen LogP contribution in [-0.2, 0) is 14.3 Å².